The van der Waals surface area contributed by atoms with Crippen molar-refractivity contribution in [3.8, 4) is 0 Å². The summed E-state index contributed by atoms with van der Waals surface area (Å²) >= 11 is 0. The highest BCUT2D eigenvalue weighted by molar-refractivity contribution is 5.74. The standard InChI is InChI=1S/C15H19N3O/c19-11-13-2-1-7-18(10-13)9-12-3-4-14-15(8-12)17-6-5-16-14/h3-6,8,13,19H,1-2,7,9-11H2. The van der Waals surface area contributed by atoms with Crippen LogP contribution in [0.15, 0.2) is 30.6 Å². The van der Waals surface area contributed by atoms with Crippen LogP contribution in [0.25, 0.3) is 11.0 Å². The van der Waals surface area contributed by atoms with E-state index in [-0.39, 0.29) is 0 Å². The molecule has 1 fully saturated rings. The van der Waals surface area contributed by atoms with Crippen molar-refractivity contribution >= 4 is 11.0 Å². The van der Waals surface area contributed by atoms with Crippen molar-refractivity contribution in [3.63, 3.8) is 0 Å². The quantitative estimate of drug-likeness (QED) is 0.911. The Labute approximate surface area is 113 Å². The van der Waals surface area contributed by atoms with Crippen LogP contribution in [-0.4, -0.2) is 39.7 Å². The average Bonchev–Trinajstić information content (AvgIpc) is 2.47. The van der Waals surface area contributed by atoms with E-state index in [1.54, 1.807) is 12.4 Å². The topological polar surface area (TPSA) is 49.2 Å². The number of aliphatic hydroxyl groups excluding tert-OH is 1. The molecule has 1 aromatic carbocycles. The van der Waals surface area contributed by atoms with E-state index < -0.39 is 0 Å². The van der Waals surface area contributed by atoms with Gasteiger partial charge in [-0.2, -0.15) is 0 Å². The molecule has 4 nitrogen and oxygen atoms in total. The molecular weight excluding hydrogens is 238 g/mol. The number of aromatic nitrogens is 2. The van der Waals surface area contributed by atoms with Gasteiger partial charge in [0, 0.05) is 32.1 Å². The molecule has 1 unspecified atom stereocenters. The maximum Gasteiger partial charge on any atom is 0.0890 e. The molecule has 2 aromatic rings. The SMILES string of the molecule is OCC1CCCN(Cc2ccc3nccnc3c2)C1. The maximum absolute atomic E-state index is 9.27. The fraction of sp³-hybridized carbons (Fsp3) is 0.467. The Kier molecular flexibility index (Phi) is 3.71. The van der Waals surface area contributed by atoms with Gasteiger partial charge in [-0.3, -0.25) is 14.9 Å². The van der Waals surface area contributed by atoms with Gasteiger partial charge in [-0.25, -0.2) is 0 Å². The Balaban J connectivity index is 1.74. The predicted molar refractivity (Wildman–Crippen MR) is 74.6 cm³/mol. The summed E-state index contributed by atoms with van der Waals surface area (Å²) in [7, 11) is 0. The molecule has 0 spiro atoms. The number of rotatable bonds is 3. The van der Waals surface area contributed by atoms with Crippen molar-refractivity contribution in [2.45, 2.75) is 19.4 Å². The third-order valence-corrected chi connectivity index (χ3v) is 3.80. The van der Waals surface area contributed by atoms with Crippen LogP contribution in [0.4, 0.5) is 0 Å². The van der Waals surface area contributed by atoms with E-state index in [9.17, 15) is 5.11 Å². The van der Waals surface area contributed by atoms with Crippen molar-refractivity contribution in [2.75, 3.05) is 19.7 Å². The number of hydrogen-bond acceptors (Lipinski definition) is 4. The van der Waals surface area contributed by atoms with Crippen LogP contribution in [0, 0.1) is 5.92 Å². The summed E-state index contributed by atoms with van der Waals surface area (Å²) in [5.41, 5.74) is 3.17. The third-order valence-electron chi connectivity index (χ3n) is 3.80. The Hall–Kier alpha value is -1.52. The first-order valence-corrected chi connectivity index (χ1v) is 6.88. The summed E-state index contributed by atoms with van der Waals surface area (Å²) in [6.45, 7) is 3.35. The zero-order chi connectivity index (χ0) is 13.1. The first-order chi connectivity index (χ1) is 9.35. The molecule has 1 atom stereocenters. The van der Waals surface area contributed by atoms with Crippen LogP contribution in [0.1, 0.15) is 18.4 Å². The van der Waals surface area contributed by atoms with E-state index in [4.69, 9.17) is 0 Å². The van der Waals surface area contributed by atoms with Gasteiger partial charge < -0.3 is 5.11 Å². The predicted octanol–water partition coefficient (Wildman–Crippen LogP) is 1.83. The van der Waals surface area contributed by atoms with Gasteiger partial charge in [0.15, 0.2) is 0 Å². The molecule has 1 saturated heterocycles. The van der Waals surface area contributed by atoms with Crippen molar-refractivity contribution in [2.24, 2.45) is 5.92 Å². The van der Waals surface area contributed by atoms with E-state index >= 15 is 0 Å². The first kappa shape index (κ1) is 12.5. The second-order valence-electron chi connectivity index (χ2n) is 5.31. The summed E-state index contributed by atoms with van der Waals surface area (Å²) in [4.78, 5) is 11.0. The molecule has 1 aliphatic heterocycles. The normalized spacial score (nSPS) is 20.8. The molecule has 2 heterocycles. The van der Waals surface area contributed by atoms with Crippen LogP contribution in [0.2, 0.25) is 0 Å². The first-order valence-electron chi connectivity index (χ1n) is 6.88. The number of nitrogens with zero attached hydrogens (tertiary/aromatic N) is 3. The van der Waals surface area contributed by atoms with Gasteiger partial charge in [-0.15, -0.1) is 0 Å². The van der Waals surface area contributed by atoms with E-state index in [0.717, 1.165) is 37.1 Å². The summed E-state index contributed by atoms with van der Waals surface area (Å²) in [5.74, 6) is 0.439. The molecule has 4 heteroatoms. The monoisotopic (exact) mass is 257 g/mol. The van der Waals surface area contributed by atoms with Gasteiger partial charge in [0.05, 0.1) is 11.0 Å². The van der Waals surface area contributed by atoms with Crippen molar-refractivity contribution in [3.05, 3.63) is 36.2 Å². The molecule has 0 saturated carbocycles. The number of piperidine rings is 1. The van der Waals surface area contributed by atoms with E-state index in [0.29, 0.717) is 12.5 Å². The molecule has 0 radical (unpaired) electrons. The molecule has 0 amide bonds. The van der Waals surface area contributed by atoms with Gasteiger partial charge in [0.25, 0.3) is 0 Å². The Morgan fingerprint density at radius 2 is 2.05 bits per heavy atom. The molecule has 3 rings (SSSR count). The molecule has 0 bridgehead atoms. The lowest BCUT2D eigenvalue weighted by molar-refractivity contribution is 0.116. The van der Waals surface area contributed by atoms with Gasteiger partial charge in [0.2, 0.25) is 0 Å². The van der Waals surface area contributed by atoms with Crippen LogP contribution >= 0.6 is 0 Å². The molecule has 19 heavy (non-hydrogen) atoms. The maximum atomic E-state index is 9.27. The molecule has 1 aromatic heterocycles. The van der Waals surface area contributed by atoms with Crippen molar-refractivity contribution in [1.82, 2.24) is 14.9 Å². The van der Waals surface area contributed by atoms with Gasteiger partial charge in [0.1, 0.15) is 0 Å². The second-order valence-corrected chi connectivity index (χ2v) is 5.31. The van der Waals surface area contributed by atoms with Crippen LogP contribution < -0.4 is 0 Å². The fourth-order valence-electron chi connectivity index (χ4n) is 2.81. The highest BCUT2D eigenvalue weighted by atomic mass is 16.3. The van der Waals surface area contributed by atoms with E-state index in [2.05, 4.69) is 27.0 Å². The zero-order valence-corrected chi connectivity index (χ0v) is 11.0. The van der Waals surface area contributed by atoms with Gasteiger partial charge in [-0.05, 0) is 43.0 Å². The lowest BCUT2D eigenvalue weighted by atomic mass is 9.98. The number of likely N-dealkylation sites (tertiary alicyclic amines) is 1. The van der Waals surface area contributed by atoms with E-state index in [1.807, 2.05) is 6.07 Å². The lowest BCUT2D eigenvalue weighted by Crippen LogP contribution is -2.36. The minimum absolute atomic E-state index is 0.305. The highest BCUT2D eigenvalue weighted by Crippen LogP contribution is 2.19. The number of aliphatic hydroxyl groups is 1. The molecule has 1 aliphatic rings. The van der Waals surface area contributed by atoms with Crippen LogP contribution in [0.5, 0.6) is 0 Å². The average molecular weight is 257 g/mol. The summed E-state index contributed by atoms with van der Waals surface area (Å²) in [6.07, 6.45) is 5.78. The van der Waals surface area contributed by atoms with Gasteiger partial charge >= 0.3 is 0 Å². The molecular formula is C15H19N3O. The van der Waals surface area contributed by atoms with Gasteiger partial charge in [-0.1, -0.05) is 6.07 Å². The fourth-order valence-corrected chi connectivity index (χ4v) is 2.81. The molecule has 100 valence electrons. The molecule has 1 N–H and O–H groups in total. The molecule has 0 aliphatic carbocycles. The Morgan fingerprint density at radius 3 is 2.89 bits per heavy atom. The third kappa shape index (κ3) is 2.91. The van der Waals surface area contributed by atoms with E-state index in [1.165, 1.54) is 12.0 Å². The minimum atomic E-state index is 0.305. The summed E-state index contributed by atoms with van der Waals surface area (Å²) in [6, 6.07) is 6.27. The van der Waals surface area contributed by atoms with Crippen molar-refractivity contribution < 1.29 is 5.11 Å². The van der Waals surface area contributed by atoms with Crippen LogP contribution in [-0.2, 0) is 6.54 Å². The largest absolute Gasteiger partial charge is 0.396 e. The number of fused-ring (bicyclic) bond motifs is 1. The van der Waals surface area contributed by atoms with Crippen molar-refractivity contribution in [1.29, 1.82) is 0 Å². The Morgan fingerprint density at radius 1 is 1.21 bits per heavy atom. The zero-order valence-electron chi connectivity index (χ0n) is 11.0. The highest BCUT2D eigenvalue weighted by Gasteiger charge is 2.19. The number of hydrogen-bond donors (Lipinski definition) is 1. The van der Waals surface area contributed by atoms with Crippen LogP contribution in [0.3, 0.4) is 0 Å². The summed E-state index contributed by atoms with van der Waals surface area (Å²) in [5, 5.41) is 9.27. The minimum Gasteiger partial charge on any atom is -0.396 e. The second kappa shape index (κ2) is 5.63. The number of benzene rings is 1. The smallest absolute Gasteiger partial charge is 0.0890 e. The lowest BCUT2D eigenvalue weighted by Gasteiger charge is -2.31. The Bertz CT molecular complexity index is 558. The summed E-state index contributed by atoms with van der Waals surface area (Å²) < 4.78 is 0.